The number of hydrogen-bond acceptors (Lipinski definition) is 2. The number of aromatic nitrogens is 1. The van der Waals surface area contributed by atoms with Crippen LogP contribution in [0, 0.1) is 0 Å². The van der Waals surface area contributed by atoms with Crippen LogP contribution in [0.5, 0.6) is 0 Å². The number of rotatable bonds is 9. The molecule has 6 heteroatoms. The molecule has 1 heterocycles. The van der Waals surface area contributed by atoms with Crippen molar-refractivity contribution in [2.45, 2.75) is 83.3 Å². The molecule has 0 unspecified atom stereocenters. The number of aryl methyl sites for hydroxylation is 1. The summed E-state index contributed by atoms with van der Waals surface area (Å²) in [5.74, 6) is 0.0833. The van der Waals surface area contributed by atoms with Crippen molar-refractivity contribution in [3.05, 3.63) is 24.0 Å². The zero-order valence-electron chi connectivity index (χ0n) is 17.5. The minimum absolute atomic E-state index is 0.0664. The number of nitrogens with one attached hydrogen (secondary N) is 1. The zero-order chi connectivity index (χ0) is 19.9. The normalized spacial score (nSPS) is 17.4. The van der Waals surface area contributed by atoms with Crippen molar-refractivity contribution in [2.24, 2.45) is 7.05 Å². The highest BCUT2D eigenvalue weighted by Crippen LogP contribution is 2.29. The van der Waals surface area contributed by atoms with Crippen LogP contribution in [0.1, 0.15) is 70.4 Å². The first-order valence-corrected chi connectivity index (χ1v) is 11.0. The molecule has 0 aliphatic heterocycles. The summed E-state index contributed by atoms with van der Waals surface area (Å²) >= 11 is 0. The largest absolute Gasteiger partial charge is 0.353 e. The number of urea groups is 1. The molecule has 2 fully saturated rings. The van der Waals surface area contributed by atoms with E-state index in [1.807, 2.05) is 29.1 Å². The van der Waals surface area contributed by atoms with Crippen LogP contribution >= 0.6 is 0 Å². The van der Waals surface area contributed by atoms with Gasteiger partial charge in [-0.05, 0) is 44.2 Å². The maximum Gasteiger partial charge on any atom is 0.318 e. The van der Waals surface area contributed by atoms with Gasteiger partial charge in [0.1, 0.15) is 6.54 Å². The van der Waals surface area contributed by atoms with E-state index in [0.717, 1.165) is 57.1 Å². The van der Waals surface area contributed by atoms with Crippen LogP contribution in [-0.4, -0.2) is 51.5 Å². The molecule has 1 aromatic rings. The summed E-state index contributed by atoms with van der Waals surface area (Å²) in [6.07, 6.45) is 11.7. The van der Waals surface area contributed by atoms with Crippen molar-refractivity contribution in [3.8, 4) is 0 Å². The Balaban J connectivity index is 1.67. The van der Waals surface area contributed by atoms with Crippen LogP contribution in [0.3, 0.4) is 0 Å². The van der Waals surface area contributed by atoms with Gasteiger partial charge in [-0.25, -0.2) is 4.79 Å². The minimum atomic E-state index is -0.0664. The Bertz CT molecular complexity index is 647. The van der Waals surface area contributed by atoms with Crippen LogP contribution in [0.25, 0.3) is 0 Å². The van der Waals surface area contributed by atoms with E-state index in [-0.39, 0.29) is 24.5 Å². The third-order valence-electron chi connectivity index (χ3n) is 6.08. The Morgan fingerprint density at radius 2 is 1.82 bits per heavy atom. The highest BCUT2D eigenvalue weighted by atomic mass is 16.2. The monoisotopic (exact) mass is 388 g/mol. The third kappa shape index (κ3) is 5.52. The summed E-state index contributed by atoms with van der Waals surface area (Å²) in [4.78, 5) is 29.9. The van der Waals surface area contributed by atoms with E-state index in [2.05, 4.69) is 22.9 Å². The minimum Gasteiger partial charge on any atom is -0.353 e. The zero-order valence-corrected chi connectivity index (χ0v) is 17.5. The Labute approximate surface area is 169 Å². The van der Waals surface area contributed by atoms with Crippen molar-refractivity contribution in [3.63, 3.8) is 0 Å². The van der Waals surface area contributed by atoms with Crippen molar-refractivity contribution in [1.82, 2.24) is 19.7 Å². The third-order valence-corrected chi connectivity index (χ3v) is 6.08. The lowest BCUT2D eigenvalue weighted by molar-refractivity contribution is -0.133. The molecule has 2 aliphatic rings. The van der Waals surface area contributed by atoms with E-state index < -0.39 is 0 Å². The van der Waals surface area contributed by atoms with Crippen molar-refractivity contribution >= 4 is 11.9 Å². The Kier molecular flexibility index (Phi) is 7.40. The molecule has 0 bridgehead atoms. The standard InChI is InChI=1S/C22H36N4O2/c1-3-4-14-23-22(28)26(18-9-6-5-7-10-18)17-21(27)25(19-12-13-19)16-20-11-8-15-24(20)2/h8,11,15,18-19H,3-7,9-10,12-14,16-17H2,1-2H3,(H,23,28). The predicted octanol–water partition coefficient (Wildman–Crippen LogP) is 3.66. The first kappa shape index (κ1) is 20.7. The second kappa shape index (κ2) is 9.99. The fourth-order valence-corrected chi connectivity index (χ4v) is 4.11. The number of unbranched alkanes of at least 4 members (excludes halogenated alkanes) is 1. The van der Waals surface area contributed by atoms with Crippen LogP contribution in [0.4, 0.5) is 4.79 Å². The van der Waals surface area contributed by atoms with Crippen LogP contribution < -0.4 is 5.32 Å². The van der Waals surface area contributed by atoms with Gasteiger partial charge in [0.2, 0.25) is 5.91 Å². The highest BCUT2D eigenvalue weighted by Gasteiger charge is 2.35. The molecule has 156 valence electrons. The van der Waals surface area contributed by atoms with Gasteiger partial charge in [0.15, 0.2) is 0 Å². The van der Waals surface area contributed by atoms with Gasteiger partial charge in [-0.2, -0.15) is 0 Å². The fraction of sp³-hybridized carbons (Fsp3) is 0.727. The van der Waals surface area contributed by atoms with E-state index >= 15 is 0 Å². The molecule has 1 aromatic heterocycles. The lowest BCUT2D eigenvalue weighted by Crippen LogP contribution is -2.52. The van der Waals surface area contributed by atoms with E-state index in [4.69, 9.17) is 0 Å². The molecule has 0 aromatic carbocycles. The molecule has 28 heavy (non-hydrogen) atoms. The summed E-state index contributed by atoms with van der Waals surface area (Å²) in [6.45, 7) is 3.63. The summed E-state index contributed by atoms with van der Waals surface area (Å²) in [7, 11) is 2.01. The molecule has 0 spiro atoms. The Morgan fingerprint density at radius 1 is 1.11 bits per heavy atom. The second-order valence-corrected chi connectivity index (χ2v) is 8.37. The van der Waals surface area contributed by atoms with Crippen LogP contribution in [0.15, 0.2) is 18.3 Å². The maximum absolute atomic E-state index is 13.2. The summed E-state index contributed by atoms with van der Waals surface area (Å²) < 4.78 is 2.07. The van der Waals surface area contributed by atoms with Gasteiger partial charge in [-0.1, -0.05) is 32.6 Å². The Hall–Kier alpha value is -1.98. The average Bonchev–Trinajstić information content (AvgIpc) is 3.46. The number of hydrogen-bond donors (Lipinski definition) is 1. The van der Waals surface area contributed by atoms with E-state index in [1.165, 1.54) is 6.42 Å². The summed E-state index contributed by atoms with van der Waals surface area (Å²) in [5, 5.41) is 3.04. The molecule has 3 amide bonds. The van der Waals surface area contributed by atoms with Gasteiger partial charge >= 0.3 is 6.03 Å². The number of amides is 3. The van der Waals surface area contributed by atoms with Gasteiger partial charge in [-0.3, -0.25) is 4.79 Å². The highest BCUT2D eigenvalue weighted by molar-refractivity contribution is 5.84. The maximum atomic E-state index is 13.2. The van der Waals surface area contributed by atoms with Gasteiger partial charge in [0.05, 0.1) is 6.54 Å². The molecule has 0 radical (unpaired) electrons. The van der Waals surface area contributed by atoms with E-state index in [1.54, 1.807) is 0 Å². The van der Waals surface area contributed by atoms with Crippen LogP contribution in [0.2, 0.25) is 0 Å². The summed E-state index contributed by atoms with van der Waals surface area (Å²) in [5.41, 5.74) is 1.14. The molecule has 2 aliphatic carbocycles. The summed E-state index contributed by atoms with van der Waals surface area (Å²) in [6, 6.07) is 4.54. The van der Waals surface area contributed by atoms with E-state index in [9.17, 15) is 9.59 Å². The van der Waals surface area contributed by atoms with E-state index in [0.29, 0.717) is 19.1 Å². The number of carbonyl (C=O) groups is 2. The van der Waals surface area contributed by atoms with Gasteiger partial charge < -0.3 is 19.7 Å². The smallest absolute Gasteiger partial charge is 0.318 e. The van der Waals surface area contributed by atoms with Gasteiger partial charge in [-0.15, -0.1) is 0 Å². The van der Waals surface area contributed by atoms with Gasteiger partial charge in [0, 0.05) is 37.6 Å². The quantitative estimate of drug-likeness (QED) is 0.656. The molecule has 2 saturated carbocycles. The fourth-order valence-electron chi connectivity index (χ4n) is 4.11. The average molecular weight is 389 g/mol. The van der Waals surface area contributed by atoms with Crippen molar-refractivity contribution in [1.29, 1.82) is 0 Å². The molecular weight excluding hydrogens is 352 g/mol. The number of nitrogens with zero attached hydrogens (tertiary/aromatic N) is 3. The molecule has 0 saturated heterocycles. The lowest BCUT2D eigenvalue weighted by atomic mass is 9.94. The molecule has 0 atom stereocenters. The van der Waals surface area contributed by atoms with Crippen LogP contribution in [-0.2, 0) is 18.4 Å². The predicted molar refractivity (Wildman–Crippen MR) is 111 cm³/mol. The van der Waals surface area contributed by atoms with Crippen molar-refractivity contribution in [2.75, 3.05) is 13.1 Å². The molecular formula is C22H36N4O2. The SMILES string of the molecule is CCCCNC(=O)N(CC(=O)N(Cc1cccn1C)C1CC1)C1CCCCC1. The molecule has 3 rings (SSSR count). The lowest BCUT2D eigenvalue weighted by Gasteiger charge is -2.35. The first-order chi connectivity index (χ1) is 13.6. The van der Waals surface area contributed by atoms with Crippen molar-refractivity contribution < 1.29 is 9.59 Å². The topological polar surface area (TPSA) is 57.6 Å². The van der Waals surface area contributed by atoms with Gasteiger partial charge in [0.25, 0.3) is 0 Å². The first-order valence-electron chi connectivity index (χ1n) is 11.0. The Morgan fingerprint density at radius 3 is 2.43 bits per heavy atom. The molecule has 1 N–H and O–H groups in total. The second-order valence-electron chi connectivity index (χ2n) is 8.37. The molecule has 6 nitrogen and oxygen atoms in total. The number of carbonyl (C=O) groups excluding carboxylic acids is 2.